The van der Waals surface area contributed by atoms with Crippen LogP contribution in [0.3, 0.4) is 0 Å². The van der Waals surface area contributed by atoms with Crippen molar-refractivity contribution in [2.24, 2.45) is 5.92 Å². The first-order valence-corrected chi connectivity index (χ1v) is 7.08. The van der Waals surface area contributed by atoms with E-state index in [4.69, 9.17) is 9.47 Å². The molecule has 5 nitrogen and oxygen atoms in total. The van der Waals surface area contributed by atoms with Crippen LogP contribution in [0.2, 0.25) is 0 Å². The lowest BCUT2D eigenvalue weighted by Crippen LogP contribution is -2.31. The Labute approximate surface area is 114 Å². The number of nitrogens with one attached hydrogen (secondary N) is 1. The van der Waals surface area contributed by atoms with Crippen molar-refractivity contribution in [3.8, 4) is 5.88 Å². The number of ether oxygens (including phenoxy) is 2. The quantitative estimate of drug-likeness (QED) is 0.856. The molecule has 1 unspecified atom stereocenters. The summed E-state index contributed by atoms with van der Waals surface area (Å²) in [5, 5.41) is 3.44. The summed E-state index contributed by atoms with van der Waals surface area (Å²) in [6.45, 7) is 6.70. The molecule has 1 aromatic heterocycles. The van der Waals surface area contributed by atoms with Gasteiger partial charge in [-0.05, 0) is 32.1 Å². The Morgan fingerprint density at radius 1 is 1.42 bits per heavy atom. The Bertz CT molecular complexity index is 381. The summed E-state index contributed by atoms with van der Waals surface area (Å²) < 4.78 is 10.9. The fourth-order valence-corrected chi connectivity index (χ4v) is 2.27. The van der Waals surface area contributed by atoms with Crippen molar-refractivity contribution in [3.63, 3.8) is 0 Å². The molecule has 1 N–H and O–H groups in total. The summed E-state index contributed by atoms with van der Waals surface area (Å²) >= 11 is 0. The Hall–Kier alpha value is -1.36. The monoisotopic (exact) mass is 265 g/mol. The van der Waals surface area contributed by atoms with Crippen LogP contribution in [0.4, 0.5) is 5.82 Å². The summed E-state index contributed by atoms with van der Waals surface area (Å²) in [5.74, 6) is 2.11. The van der Waals surface area contributed by atoms with Gasteiger partial charge in [-0.25, -0.2) is 9.97 Å². The van der Waals surface area contributed by atoms with Crippen molar-refractivity contribution in [3.05, 3.63) is 12.4 Å². The number of hydrogen-bond donors (Lipinski definition) is 1. The summed E-state index contributed by atoms with van der Waals surface area (Å²) in [5.41, 5.74) is 0. The molecule has 0 amide bonds. The van der Waals surface area contributed by atoms with Crippen molar-refractivity contribution >= 4 is 5.82 Å². The number of anilines is 1. The Morgan fingerprint density at radius 2 is 2.21 bits per heavy atom. The molecule has 1 atom stereocenters. The van der Waals surface area contributed by atoms with Crippen molar-refractivity contribution < 1.29 is 9.47 Å². The number of rotatable bonds is 6. The normalized spacial score (nSPS) is 18.0. The molecule has 5 heteroatoms. The maximum Gasteiger partial charge on any atom is 0.218 e. The fraction of sp³-hybridized carbons (Fsp3) is 0.714. The highest BCUT2D eigenvalue weighted by atomic mass is 16.5. The third-order valence-corrected chi connectivity index (χ3v) is 3.44. The zero-order valence-electron chi connectivity index (χ0n) is 11.8. The number of hydrogen-bond acceptors (Lipinski definition) is 5. The molecule has 0 spiro atoms. The van der Waals surface area contributed by atoms with Gasteiger partial charge < -0.3 is 14.8 Å². The van der Waals surface area contributed by atoms with Crippen molar-refractivity contribution in [1.82, 2.24) is 9.97 Å². The van der Waals surface area contributed by atoms with Crippen molar-refractivity contribution in [1.29, 1.82) is 0 Å². The second-order valence-electron chi connectivity index (χ2n) is 4.97. The van der Waals surface area contributed by atoms with Crippen LogP contribution in [0.5, 0.6) is 5.88 Å². The molecule has 1 fully saturated rings. The fourth-order valence-electron chi connectivity index (χ4n) is 2.27. The maximum atomic E-state index is 5.51. The summed E-state index contributed by atoms with van der Waals surface area (Å²) in [4.78, 5) is 8.35. The van der Waals surface area contributed by atoms with Crippen LogP contribution in [-0.2, 0) is 4.74 Å². The SMILES string of the molecule is CCCOc1cc(NC(C)C2CCOCC2)ncn1. The lowest BCUT2D eigenvalue weighted by Gasteiger charge is -2.28. The van der Waals surface area contributed by atoms with E-state index in [9.17, 15) is 0 Å². The second-order valence-corrected chi connectivity index (χ2v) is 4.97. The van der Waals surface area contributed by atoms with Crippen LogP contribution in [0.15, 0.2) is 12.4 Å². The topological polar surface area (TPSA) is 56.3 Å². The van der Waals surface area contributed by atoms with Gasteiger partial charge in [0.25, 0.3) is 0 Å². The number of aromatic nitrogens is 2. The van der Waals surface area contributed by atoms with E-state index in [1.54, 1.807) is 6.33 Å². The summed E-state index contributed by atoms with van der Waals surface area (Å²) in [7, 11) is 0. The van der Waals surface area contributed by atoms with Gasteiger partial charge in [0, 0.05) is 25.3 Å². The first kappa shape index (κ1) is 14.1. The molecule has 106 valence electrons. The molecular formula is C14H23N3O2. The van der Waals surface area contributed by atoms with Gasteiger partial charge in [-0.15, -0.1) is 0 Å². The van der Waals surface area contributed by atoms with Crippen LogP contribution in [0, 0.1) is 5.92 Å². The molecular weight excluding hydrogens is 242 g/mol. The molecule has 0 saturated carbocycles. The van der Waals surface area contributed by atoms with E-state index in [1.165, 1.54) is 0 Å². The molecule has 0 aliphatic carbocycles. The highest BCUT2D eigenvalue weighted by Crippen LogP contribution is 2.22. The average Bonchev–Trinajstić information content (AvgIpc) is 2.46. The Kier molecular flexibility index (Phi) is 5.39. The third-order valence-electron chi connectivity index (χ3n) is 3.44. The van der Waals surface area contributed by atoms with Gasteiger partial charge in [0.15, 0.2) is 0 Å². The minimum absolute atomic E-state index is 0.387. The van der Waals surface area contributed by atoms with E-state index in [-0.39, 0.29) is 0 Å². The first-order chi connectivity index (χ1) is 9.29. The Morgan fingerprint density at radius 3 is 2.95 bits per heavy atom. The van der Waals surface area contributed by atoms with Crippen LogP contribution in [0.25, 0.3) is 0 Å². The van der Waals surface area contributed by atoms with E-state index in [0.717, 1.165) is 38.3 Å². The lowest BCUT2D eigenvalue weighted by atomic mass is 9.93. The molecule has 0 radical (unpaired) electrons. The zero-order valence-corrected chi connectivity index (χ0v) is 11.8. The Balaban J connectivity index is 1.90. The van der Waals surface area contributed by atoms with Crippen molar-refractivity contribution in [2.75, 3.05) is 25.1 Å². The van der Waals surface area contributed by atoms with Gasteiger partial charge in [-0.1, -0.05) is 6.92 Å². The molecule has 19 heavy (non-hydrogen) atoms. The van der Waals surface area contributed by atoms with Gasteiger partial charge in [0.2, 0.25) is 5.88 Å². The molecule has 1 aliphatic rings. The van der Waals surface area contributed by atoms with Crippen LogP contribution < -0.4 is 10.1 Å². The maximum absolute atomic E-state index is 5.51. The molecule has 1 saturated heterocycles. The standard InChI is InChI=1S/C14H23N3O2/c1-3-6-19-14-9-13(15-10-16-14)17-11(2)12-4-7-18-8-5-12/h9-12H,3-8H2,1-2H3,(H,15,16,17). The largest absolute Gasteiger partial charge is 0.478 e. The summed E-state index contributed by atoms with van der Waals surface area (Å²) in [6, 6.07) is 2.25. The highest BCUT2D eigenvalue weighted by molar-refractivity contribution is 5.38. The van der Waals surface area contributed by atoms with E-state index >= 15 is 0 Å². The van der Waals surface area contributed by atoms with Gasteiger partial charge in [-0.3, -0.25) is 0 Å². The summed E-state index contributed by atoms with van der Waals surface area (Å²) in [6.07, 6.45) is 4.74. The number of nitrogens with zero attached hydrogens (tertiary/aromatic N) is 2. The third kappa shape index (κ3) is 4.35. The van der Waals surface area contributed by atoms with Gasteiger partial charge >= 0.3 is 0 Å². The molecule has 2 rings (SSSR count). The van der Waals surface area contributed by atoms with E-state index in [0.29, 0.717) is 24.4 Å². The van der Waals surface area contributed by atoms with Gasteiger partial charge in [0.1, 0.15) is 12.1 Å². The molecule has 2 heterocycles. The van der Waals surface area contributed by atoms with E-state index in [2.05, 4.69) is 29.1 Å². The highest BCUT2D eigenvalue weighted by Gasteiger charge is 2.20. The molecule has 0 bridgehead atoms. The van der Waals surface area contributed by atoms with Gasteiger partial charge in [-0.2, -0.15) is 0 Å². The minimum Gasteiger partial charge on any atom is -0.478 e. The first-order valence-electron chi connectivity index (χ1n) is 7.08. The van der Waals surface area contributed by atoms with Crippen molar-refractivity contribution in [2.45, 2.75) is 39.2 Å². The average molecular weight is 265 g/mol. The molecule has 0 aromatic carbocycles. The molecule has 1 aromatic rings. The predicted molar refractivity (Wildman–Crippen MR) is 74.4 cm³/mol. The lowest BCUT2D eigenvalue weighted by molar-refractivity contribution is 0.0622. The molecule has 1 aliphatic heterocycles. The van der Waals surface area contributed by atoms with Crippen LogP contribution >= 0.6 is 0 Å². The second kappa shape index (κ2) is 7.28. The zero-order chi connectivity index (χ0) is 13.5. The predicted octanol–water partition coefficient (Wildman–Crippen LogP) is 2.49. The smallest absolute Gasteiger partial charge is 0.218 e. The van der Waals surface area contributed by atoms with Gasteiger partial charge in [0.05, 0.1) is 6.61 Å². The minimum atomic E-state index is 0.387. The van der Waals surface area contributed by atoms with Crippen LogP contribution in [-0.4, -0.2) is 35.8 Å². The van der Waals surface area contributed by atoms with E-state index < -0.39 is 0 Å². The van der Waals surface area contributed by atoms with E-state index in [1.807, 2.05) is 6.07 Å². The van der Waals surface area contributed by atoms with Crippen LogP contribution in [0.1, 0.15) is 33.1 Å².